The van der Waals surface area contributed by atoms with Crippen molar-refractivity contribution in [2.24, 2.45) is 0 Å². The van der Waals surface area contributed by atoms with Crippen molar-refractivity contribution in [2.45, 2.75) is 32.1 Å². The summed E-state index contributed by atoms with van der Waals surface area (Å²) in [6, 6.07) is 3.14. The predicted molar refractivity (Wildman–Crippen MR) is 83.7 cm³/mol. The van der Waals surface area contributed by atoms with Gasteiger partial charge >= 0.3 is 0 Å². The number of amides is 3. The average Bonchev–Trinajstić information content (AvgIpc) is 3.01. The van der Waals surface area contributed by atoms with Crippen LogP contribution in [-0.2, 0) is 9.59 Å². The van der Waals surface area contributed by atoms with E-state index in [1.807, 2.05) is 4.90 Å². The van der Waals surface area contributed by atoms with Crippen molar-refractivity contribution >= 4 is 17.7 Å². The van der Waals surface area contributed by atoms with Crippen molar-refractivity contribution < 1.29 is 18.8 Å². The Morgan fingerprint density at radius 2 is 2.09 bits per heavy atom. The van der Waals surface area contributed by atoms with Crippen LogP contribution < -0.4 is 10.6 Å². The van der Waals surface area contributed by atoms with Crippen LogP contribution in [0, 0.1) is 0 Å². The van der Waals surface area contributed by atoms with Gasteiger partial charge in [-0.05, 0) is 31.4 Å². The number of furan rings is 1. The second-order valence-corrected chi connectivity index (χ2v) is 5.55. The summed E-state index contributed by atoms with van der Waals surface area (Å²) >= 11 is 0. The van der Waals surface area contributed by atoms with E-state index in [0.717, 1.165) is 25.8 Å². The van der Waals surface area contributed by atoms with Crippen LogP contribution >= 0.6 is 0 Å². The molecule has 7 nitrogen and oxygen atoms in total. The number of carbonyl (C=O) groups excluding carboxylic acids is 3. The Bertz CT molecular complexity index is 527. The van der Waals surface area contributed by atoms with E-state index < -0.39 is 5.91 Å². The van der Waals surface area contributed by atoms with E-state index in [0.29, 0.717) is 25.9 Å². The number of nitrogens with zero attached hydrogens (tertiary/aromatic N) is 1. The molecule has 1 aromatic heterocycles. The first-order chi connectivity index (χ1) is 11.2. The van der Waals surface area contributed by atoms with E-state index in [1.54, 1.807) is 6.07 Å². The molecule has 0 unspecified atom stereocenters. The lowest BCUT2D eigenvalue weighted by Crippen LogP contribution is -2.38. The second-order valence-electron chi connectivity index (χ2n) is 5.55. The Morgan fingerprint density at radius 3 is 2.87 bits per heavy atom. The summed E-state index contributed by atoms with van der Waals surface area (Å²) in [6.45, 7) is 1.87. The van der Waals surface area contributed by atoms with Crippen molar-refractivity contribution in [1.82, 2.24) is 15.5 Å². The van der Waals surface area contributed by atoms with E-state index in [9.17, 15) is 14.4 Å². The van der Waals surface area contributed by atoms with Crippen LogP contribution in [0.25, 0.3) is 0 Å². The molecule has 23 heavy (non-hydrogen) atoms. The molecule has 1 aliphatic rings. The minimum absolute atomic E-state index is 0.0951. The van der Waals surface area contributed by atoms with Gasteiger partial charge in [-0.25, -0.2) is 0 Å². The van der Waals surface area contributed by atoms with Gasteiger partial charge in [0.25, 0.3) is 5.91 Å². The van der Waals surface area contributed by atoms with Gasteiger partial charge in [-0.1, -0.05) is 6.42 Å². The van der Waals surface area contributed by atoms with Gasteiger partial charge in [0.05, 0.1) is 12.8 Å². The first-order valence-corrected chi connectivity index (χ1v) is 8.03. The topological polar surface area (TPSA) is 91.7 Å². The number of hydrogen-bond acceptors (Lipinski definition) is 4. The highest BCUT2D eigenvalue weighted by Crippen LogP contribution is 2.11. The zero-order valence-electron chi connectivity index (χ0n) is 13.2. The third kappa shape index (κ3) is 5.77. The number of carbonyl (C=O) groups is 3. The van der Waals surface area contributed by atoms with E-state index in [1.165, 1.54) is 12.3 Å². The van der Waals surface area contributed by atoms with Crippen LogP contribution in [0.5, 0.6) is 0 Å². The van der Waals surface area contributed by atoms with E-state index >= 15 is 0 Å². The number of nitrogens with one attached hydrogen (secondary N) is 2. The van der Waals surface area contributed by atoms with Crippen molar-refractivity contribution in [3.05, 3.63) is 24.2 Å². The third-order valence-corrected chi connectivity index (χ3v) is 3.75. The molecule has 1 aromatic rings. The number of likely N-dealkylation sites (tertiary alicyclic amines) is 1. The lowest BCUT2D eigenvalue weighted by atomic mass is 10.2. The van der Waals surface area contributed by atoms with Crippen LogP contribution in [-0.4, -0.2) is 48.8 Å². The van der Waals surface area contributed by atoms with Crippen molar-refractivity contribution in [2.75, 3.05) is 26.2 Å². The Labute approximate surface area is 135 Å². The molecule has 3 amide bonds. The van der Waals surface area contributed by atoms with Crippen molar-refractivity contribution in [3.63, 3.8) is 0 Å². The minimum atomic E-state index is -0.416. The lowest BCUT2D eigenvalue weighted by Gasteiger charge is -2.20. The highest BCUT2D eigenvalue weighted by Gasteiger charge is 2.15. The maximum absolute atomic E-state index is 11.8. The first kappa shape index (κ1) is 17.1. The Hall–Kier alpha value is -2.31. The molecule has 2 heterocycles. The predicted octanol–water partition coefficient (Wildman–Crippen LogP) is 0.918. The van der Waals surface area contributed by atoms with Crippen LogP contribution in [0.3, 0.4) is 0 Å². The smallest absolute Gasteiger partial charge is 0.287 e. The molecular formula is C16H23N3O4. The van der Waals surface area contributed by atoms with Gasteiger partial charge < -0.3 is 20.0 Å². The van der Waals surface area contributed by atoms with Gasteiger partial charge in [-0.15, -0.1) is 0 Å². The van der Waals surface area contributed by atoms with Crippen LogP contribution in [0.1, 0.15) is 42.7 Å². The van der Waals surface area contributed by atoms with Gasteiger partial charge in [0.1, 0.15) is 0 Å². The molecule has 7 heteroatoms. The van der Waals surface area contributed by atoms with Crippen molar-refractivity contribution in [1.29, 1.82) is 0 Å². The fraction of sp³-hybridized carbons (Fsp3) is 0.562. The highest BCUT2D eigenvalue weighted by atomic mass is 16.3. The van der Waals surface area contributed by atoms with Gasteiger partial charge in [-0.2, -0.15) is 0 Å². The molecule has 0 radical (unpaired) electrons. The molecule has 0 saturated carbocycles. The average molecular weight is 321 g/mol. The molecule has 0 aromatic carbocycles. The zero-order valence-corrected chi connectivity index (χ0v) is 13.2. The fourth-order valence-electron chi connectivity index (χ4n) is 2.49. The van der Waals surface area contributed by atoms with Crippen LogP contribution in [0.4, 0.5) is 0 Å². The van der Waals surface area contributed by atoms with Gasteiger partial charge in [0.15, 0.2) is 5.76 Å². The maximum atomic E-state index is 11.8. The maximum Gasteiger partial charge on any atom is 0.287 e. The third-order valence-electron chi connectivity index (χ3n) is 3.75. The Morgan fingerprint density at radius 1 is 1.22 bits per heavy atom. The molecule has 1 fully saturated rings. The largest absolute Gasteiger partial charge is 0.459 e. The monoisotopic (exact) mass is 321 g/mol. The Kier molecular flexibility index (Phi) is 6.65. The number of hydrogen-bond donors (Lipinski definition) is 2. The molecule has 1 aliphatic heterocycles. The van der Waals surface area contributed by atoms with E-state index in [2.05, 4.69) is 10.6 Å². The summed E-state index contributed by atoms with van der Waals surface area (Å²) in [6.07, 6.45) is 5.88. The zero-order chi connectivity index (χ0) is 16.5. The molecule has 0 bridgehead atoms. The normalized spacial score (nSPS) is 15.1. The summed E-state index contributed by atoms with van der Waals surface area (Å²) in [5, 5.41) is 5.21. The number of rotatable bonds is 7. The van der Waals surface area contributed by atoms with E-state index in [-0.39, 0.29) is 24.1 Å². The standard InChI is InChI=1S/C16H23N3O4/c20-14(12-18-16(22)13-6-4-11-23-13)17-8-5-10-19-9-3-1-2-7-15(19)21/h4,6,11H,1-3,5,7-10,12H2,(H,17,20)(H,18,22). The highest BCUT2D eigenvalue weighted by molar-refractivity contribution is 5.94. The lowest BCUT2D eigenvalue weighted by molar-refractivity contribution is -0.130. The fourth-order valence-corrected chi connectivity index (χ4v) is 2.49. The van der Waals surface area contributed by atoms with Crippen molar-refractivity contribution in [3.8, 4) is 0 Å². The van der Waals surface area contributed by atoms with Crippen LogP contribution in [0.15, 0.2) is 22.8 Å². The van der Waals surface area contributed by atoms with Crippen LogP contribution in [0.2, 0.25) is 0 Å². The SMILES string of the molecule is O=C(CNC(=O)c1ccco1)NCCCN1CCCCCC1=O. The first-order valence-electron chi connectivity index (χ1n) is 8.03. The Balaban J connectivity index is 1.57. The van der Waals surface area contributed by atoms with Gasteiger partial charge in [0.2, 0.25) is 11.8 Å². The van der Waals surface area contributed by atoms with Gasteiger partial charge in [-0.3, -0.25) is 14.4 Å². The second kappa shape index (κ2) is 8.97. The molecular weight excluding hydrogens is 298 g/mol. The summed E-state index contributed by atoms with van der Waals surface area (Å²) in [4.78, 5) is 36.9. The summed E-state index contributed by atoms with van der Waals surface area (Å²) in [7, 11) is 0. The summed E-state index contributed by atoms with van der Waals surface area (Å²) < 4.78 is 4.93. The molecule has 1 saturated heterocycles. The summed E-state index contributed by atoms with van der Waals surface area (Å²) in [5.41, 5.74) is 0. The van der Waals surface area contributed by atoms with E-state index in [4.69, 9.17) is 4.42 Å². The molecule has 0 aliphatic carbocycles. The summed E-state index contributed by atoms with van der Waals surface area (Å²) in [5.74, 6) is -0.288. The molecule has 0 spiro atoms. The molecule has 0 atom stereocenters. The molecule has 2 N–H and O–H groups in total. The molecule has 2 rings (SSSR count). The van der Waals surface area contributed by atoms with Gasteiger partial charge in [0, 0.05) is 26.1 Å². The molecule has 126 valence electrons. The minimum Gasteiger partial charge on any atom is -0.459 e. The quantitative estimate of drug-likeness (QED) is 0.731.